The predicted molar refractivity (Wildman–Crippen MR) is 182 cm³/mol. The van der Waals surface area contributed by atoms with E-state index in [2.05, 4.69) is 21.3 Å². The zero-order valence-electron chi connectivity index (χ0n) is 30.4. The number of benzene rings is 1. The van der Waals surface area contributed by atoms with Crippen molar-refractivity contribution in [1.29, 1.82) is 0 Å². The Labute approximate surface area is 285 Å². The smallest absolute Gasteiger partial charge is 0.407 e. The molecule has 0 aromatic heterocycles. The van der Waals surface area contributed by atoms with Crippen molar-refractivity contribution < 1.29 is 42.9 Å². The standard InChI is InChI=1S/C34H57N5O9/c1-32(2,3)46-29(42)36-19-11-14-26(40)39(23-13-22-38-31(44)48-34(7,8)9)27(24-15-17-25(45-10)18-16-24)28(41)35-20-12-21-37-30(43)47-33(4,5)6/h15-18,27H,11-14,19-23H2,1-10H3,(H,35,41)(H,36,42)(H,37,43)(H,38,44). The topological polar surface area (TPSA) is 174 Å². The fourth-order valence-corrected chi connectivity index (χ4v) is 4.20. The Balaban J connectivity index is 3.10. The molecule has 0 saturated heterocycles. The van der Waals surface area contributed by atoms with E-state index in [4.69, 9.17) is 18.9 Å². The van der Waals surface area contributed by atoms with Gasteiger partial charge in [-0.3, -0.25) is 9.59 Å². The zero-order valence-corrected chi connectivity index (χ0v) is 30.4. The van der Waals surface area contributed by atoms with Gasteiger partial charge in [-0.25, -0.2) is 14.4 Å². The average molecular weight is 680 g/mol. The summed E-state index contributed by atoms with van der Waals surface area (Å²) in [6.07, 6.45) is -0.629. The lowest BCUT2D eigenvalue weighted by atomic mass is 10.0. The van der Waals surface area contributed by atoms with E-state index in [1.807, 2.05) is 0 Å². The molecular weight excluding hydrogens is 622 g/mol. The number of amides is 5. The van der Waals surface area contributed by atoms with Gasteiger partial charge < -0.3 is 45.1 Å². The summed E-state index contributed by atoms with van der Waals surface area (Å²) in [5.74, 6) is -0.155. The van der Waals surface area contributed by atoms with Crippen LogP contribution in [0.25, 0.3) is 0 Å². The summed E-state index contributed by atoms with van der Waals surface area (Å²) in [7, 11) is 1.53. The molecule has 48 heavy (non-hydrogen) atoms. The third-order valence-electron chi connectivity index (χ3n) is 6.11. The van der Waals surface area contributed by atoms with Gasteiger partial charge in [0.25, 0.3) is 0 Å². The third kappa shape index (κ3) is 18.8. The van der Waals surface area contributed by atoms with E-state index in [0.717, 1.165) is 0 Å². The van der Waals surface area contributed by atoms with Crippen LogP contribution in [0.5, 0.6) is 5.75 Å². The highest BCUT2D eigenvalue weighted by atomic mass is 16.6. The van der Waals surface area contributed by atoms with Crippen molar-refractivity contribution in [3.8, 4) is 5.75 Å². The minimum Gasteiger partial charge on any atom is -0.497 e. The Morgan fingerprint density at radius 2 is 1.04 bits per heavy atom. The van der Waals surface area contributed by atoms with Gasteiger partial charge in [-0.2, -0.15) is 0 Å². The summed E-state index contributed by atoms with van der Waals surface area (Å²) in [4.78, 5) is 65.2. The number of nitrogens with zero attached hydrogens (tertiary/aromatic N) is 1. The lowest BCUT2D eigenvalue weighted by molar-refractivity contribution is -0.141. The van der Waals surface area contributed by atoms with Crippen LogP contribution in [0.1, 0.15) is 99.6 Å². The molecule has 1 rings (SSSR count). The summed E-state index contributed by atoms with van der Waals surface area (Å²) in [6, 6.07) is 5.84. The second kappa shape index (κ2) is 19.6. The second-order valence-corrected chi connectivity index (χ2v) is 14.2. The Morgan fingerprint density at radius 3 is 1.48 bits per heavy atom. The molecule has 14 nitrogen and oxygen atoms in total. The van der Waals surface area contributed by atoms with Gasteiger partial charge in [0.05, 0.1) is 7.11 Å². The molecule has 14 heteroatoms. The lowest BCUT2D eigenvalue weighted by Gasteiger charge is -2.32. The fourth-order valence-electron chi connectivity index (χ4n) is 4.20. The van der Waals surface area contributed by atoms with Gasteiger partial charge in [0, 0.05) is 39.1 Å². The molecule has 1 aromatic rings. The number of carbonyl (C=O) groups is 5. The van der Waals surface area contributed by atoms with Crippen molar-refractivity contribution in [2.24, 2.45) is 0 Å². The van der Waals surface area contributed by atoms with Crippen LogP contribution in [-0.4, -0.2) is 91.6 Å². The molecule has 0 saturated carbocycles. The first-order chi connectivity index (χ1) is 22.2. The predicted octanol–water partition coefficient (Wildman–Crippen LogP) is 4.82. The molecule has 0 aliphatic rings. The van der Waals surface area contributed by atoms with E-state index in [1.54, 1.807) is 86.6 Å². The van der Waals surface area contributed by atoms with Crippen molar-refractivity contribution in [2.45, 2.75) is 111 Å². The van der Waals surface area contributed by atoms with Crippen molar-refractivity contribution in [2.75, 3.05) is 39.8 Å². The Bertz CT molecular complexity index is 1190. The number of ether oxygens (including phenoxy) is 4. The molecule has 0 aliphatic heterocycles. The van der Waals surface area contributed by atoms with Gasteiger partial charge in [-0.15, -0.1) is 0 Å². The normalized spacial score (nSPS) is 12.2. The van der Waals surface area contributed by atoms with Crippen LogP contribution in [0.3, 0.4) is 0 Å². The van der Waals surface area contributed by atoms with Crippen molar-refractivity contribution in [1.82, 2.24) is 26.2 Å². The van der Waals surface area contributed by atoms with E-state index < -0.39 is 47.0 Å². The van der Waals surface area contributed by atoms with Crippen LogP contribution in [0.15, 0.2) is 24.3 Å². The molecule has 1 unspecified atom stereocenters. The summed E-state index contributed by atoms with van der Waals surface area (Å²) in [5, 5.41) is 10.9. The fraction of sp³-hybridized carbons (Fsp3) is 0.676. The molecule has 0 aliphatic carbocycles. The number of hydrogen-bond acceptors (Lipinski definition) is 9. The summed E-state index contributed by atoms with van der Waals surface area (Å²) in [6.45, 7) is 16.9. The molecule has 4 N–H and O–H groups in total. The highest BCUT2D eigenvalue weighted by molar-refractivity contribution is 5.88. The first-order valence-corrected chi connectivity index (χ1v) is 16.3. The summed E-state index contributed by atoms with van der Waals surface area (Å²) >= 11 is 0. The first kappa shape index (κ1) is 41.8. The maximum atomic E-state index is 13.8. The lowest BCUT2D eigenvalue weighted by Crippen LogP contribution is -2.45. The van der Waals surface area contributed by atoms with Crippen molar-refractivity contribution in [3.63, 3.8) is 0 Å². The SMILES string of the molecule is COc1ccc(C(C(=O)NCCCNC(=O)OC(C)(C)C)N(CCCNC(=O)OC(C)(C)C)C(=O)CCCNC(=O)OC(C)(C)C)cc1. The largest absolute Gasteiger partial charge is 0.497 e. The molecular formula is C34H57N5O9. The molecule has 0 fully saturated rings. The van der Waals surface area contributed by atoms with E-state index in [-0.39, 0.29) is 45.1 Å². The zero-order chi connectivity index (χ0) is 36.5. The monoisotopic (exact) mass is 679 g/mol. The Kier molecular flexibility index (Phi) is 17.0. The highest BCUT2D eigenvalue weighted by Gasteiger charge is 2.31. The minimum absolute atomic E-state index is 0.0367. The highest BCUT2D eigenvalue weighted by Crippen LogP contribution is 2.25. The van der Waals surface area contributed by atoms with Gasteiger partial charge >= 0.3 is 18.3 Å². The van der Waals surface area contributed by atoms with Gasteiger partial charge in [0.15, 0.2) is 0 Å². The quantitative estimate of drug-likeness (QED) is 0.141. The van der Waals surface area contributed by atoms with Gasteiger partial charge in [-0.05, 0) is 99.3 Å². The second-order valence-electron chi connectivity index (χ2n) is 14.2. The molecule has 0 spiro atoms. The molecule has 1 atom stereocenters. The van der Waals surface area contributed by atoms with Gasteiger partial charge in [-0.1, -0.05) is 12.1 Å². The van der Waals surface area contributed by atoms with Crippen LogP contribution < -0.4 is 26.0 Å². The molecule has 0 heterocycles. The maximum absolute atomic E-state index is 13.8. The van der Waals surface area contributed by atoms with Crippen LogP contribution >= 0.6 is 0 Å². The first-order valence-electron chi connectivity index (χ1n) is 16.3. The van der Waals surface area contributed by atoms with E-state index >= 15 is 0 Å². The summed E-state index contributed by atoms with van der Waals surface area (Å²) in [5.41, 5.74) is -1.40. The van der Waals surface area contributed by atoms with Gasteiger partial charge in [0.2, 0.25) is 11.8 Å². The molecule has 1 aromatic carbocycles. The number of carbonyl (C=O) groups excluding carboxylic acids is 5. The van der Waals surface area contributed by atoms with E-state index in [0.29, 0.717) is 30.6 Å². The molecule has 272 valence electrons. The Morgan fingerprint density at radius 1 is 0.625 bits per heavy atom. The van der Waals surface area contributed by atoms with Crippen LogP contribution in [0.2, 0.25) is 0 Å². The van der Waals surface area contributed by atoms with Crippen LogP contribution in [0.4, 0.5) is 14.4 Å². The van der Waals surface area contributed by atoms with Crippen LogP contribution in [0, 0.1) is 0 Å². The third-order valence-corrected chi connectivity index (χ3v) is 6.11. The van der Waals surface area contributed by atoms with E-state index in [9.17, 15) is 24.0 Å². The number of hydrogen-bond donors (Lipinski definition) is 4. The molecule has 0 bridgehead atoms. The number of methoxy groups -OCH3 is 1. The van der Waals surface area contributed by atoms with E-state index in [1.165, 1.54) is 12.0 Å². The van der Waals surface area contributed by atoms with Crippen LogP contribution in [-0.2, 0) is 23.8 Å². The minimum atomic E-state index is -1.01. The Hall–Kier alpha value is -4.23. The molecule has 5 amide bonds. The van der Waals surface area contributed by atoms with Crippen molar-refractivity contribution >= 4 is 30.1 Å². The number of nitrogens with one attached hydrogen (secondary N) is 4. The molecule has 0 radical (unpaired) electrons. The van der Waals surface area contributed by atoms with Crippen molar-refractivity contribution in [3.05, 3.63) is 29.8 Å². The number of alkyl carbamates (subject to hydrolysis) is 3. The average Bonchev–Trinajstić information content (AvgIpc) is 2.94. The van der Waals surface area contributed by atoms with Gasteiger partial charge in [0.1, 0.15) is 28.6 Å². The number of rotatable bonds is 16. The maximum Gasteiger partial charge on any atom is 0.407 e. The summed E-state index contributed by atoms with van der Waals surface area (Å²) < 4.78 is 21.1.